The topological polar surface area (TPSA) is 46.6 Å². The van der Waals surface area contributed by atoms with Crippen molar-refractivity contribution in [2.45, 2.75) is 18.9 Å². The Morgan fingerprint density at radius 1 is 1.53 bits per heavy atom. The van der Waals surface area contributed by atoms with Crippen LogP contribution in [-0.2, 0) is 4.79 Å². The number of amides is 1. The Labute approximate surface area is 100 Å². The lowest BCUT2D eigenvalue weighted by molar-refractivity contribution is -0.132. The lowest BCUT2D eigenvalue weighted by Gasteiger charge is -2.16. The zero-order valence-electron chi connectivity index (χ0n) is 9.76. The molecule has 90 valence electrons. The summed E-state index contributed by atoms with van der Waals surface area (Å²) in [6, 6.07) is 7.17. The summed E-state index contributed by atoms with van der Waals surface area (Å²) in [5.41, 5.74) is 0.547. The Kier molecular flexibility index (Phi) is 3.42. The van der Waals surface area contributed by atoms with Crippen LogP contribution in [0.3, 0.4) is 0 Å². The number of hydrogen-bond donors (Lipinski definition) is 0. The number of rotatable bonds is 5. The fourth-order valence-electron chi connectivity index (χ4n) is 1.59. The number of carbonyl (C=O) groups excluding carboxylic acids is 2. The van der Waals surface area contributed by atoms with E-state index < -0.39 is 0 Å². The van der Waals surface area contributed by atoms with Crippen molar-refractivity contribution in [3.05, 3.63) is 29.8 Å². The fourth-order valence-corrected chi connectivity index (χ4v) is 1.59. The molecule has 0 bridgehead atoms. The molecule has 0 heterocycles. The smallest absolute Gasteiger partial charge is 0.260 e. The van der Waals surface area contributed by atoms with Crippen LogP contribution in [0, 0.1) is 0 Å². The third-order valence-corrected chi connectivity index (χ3v) is 2.84. The average Bonchev–Trinajstić information content (AvgIpc) is 3.19. The fraction of sp³-hybridized carbons (Fsp3) is 0.385. The van der Waals surface area contributed by atoms with Crippen molar-refractivity contribution in [1.82, 2.24) is 4.90 Å². The monoisotopic (exact) mass is 233 g/mol. The lowest BCUT2D eigenvalue weighted by Crippen LogP contribution is -2.33. The van der Waals surface area contributed by atoms with Crippen molar-refractivity contribution < 1.29 is 14.3 Å². The molecule has 0 N–H and O–H groups in total. The van der Waals surface area contributed by atoms with Gasteiger partial charge in [0, 0.05) is 18.7 Å². The van der Waals surface area contributed by atoms with E-state index in [1.54, 1.807) is 36.2 Å². The number of benzene rings is 1. The van der Waals surface area contributed by atoms with Crippen LogP contribution in [0.4, 0.5) is 0 Å². The van der Waals surface area contributed by atoms with Crippen LogP contribution in [0.5, 0.6) is 5.75 Å². The van der Waals surface area contributed by atoms with E-state index in [-0.39, 0.29) is 12.5 Å². The first kappa shape index (κ1) is 11.6. The maximum Gasteiger partial charge on any atom is 0.260 e. The minimum atomic E-state index is -0.0241. The van der Waals surface area contributed by atoms with Crippen LogP contribution in [0.25, 0.3) is 0 Å². The Bertz CT molecular complexity index is 426. The summed E-state index contributed by atoms with van der Waals surface area (Å²) in [5, 5.41) is 0. The predicted octanol–water partition coefficient (Wildman–Crippen LogP) is 1.50. The Morgan fingerprint density at radius 2 is 2.29 bits per heavy atom. The number of ether oxygens (including phenoxy) is 1. The van der Waals surface area contributed by atoms with Crippen LogP contribution in [0.15, 0.2) is 24.3 Å². The Hall–Kier alpha value is -1.84. The molecule has 1 fully saturated rings. The van der Waals surface area contributed by atoms with E-state index in [1.165, 1.54) is 0 Å². The second kappa shape index (κ2) is 4.99. The number of carbonyl (C=O) groups is 2. The molecular weight excluding hydrogens is 218 g/mol. The van der Waals surface area contributed by atoms with Gasteiger partial charge in [0.1, 0.15) is 12.0 Å². The summed E-state index contributed by atoms with van der Waals surface area (Å²) in [6.07, 6.45) is 2.93. The third-order valence-electron chi connectivity index (χ3n) is 2.84. The molecule has 1 amide bonds. The van der Waals surface area contributed by atoms with Crippen molar-refractivity contribution in [3.8, 4) is 5.75 Å². The summed E-state index contributed by atoms with van der Waals surface area (Å²) >= 11 is 0. The summed E-state index contributed by atoms with van der Waals surface area (Å²) in [6.45, 7) is 0.0231. The van der Waals surface area contributed by atoms with Gasteiger partial charge in [-0.25, -0.2) is 0 Å². The molecule has 0 aliphatic heterocycles. The van der Waals surface area contributed by atoms with E-state index in [1.807, 2.05) is 0 Å². The summed E-state index contributed by atoms with van der Waals surface area (Å²) < 4.78 is 5.36. The molecule has 0 unspecified atom stereocenters. The van der Waals surface area contributed by atoms with Crippen LogP contribution in [0.1, 0.15) is 23.2 Å². The first-order chi connectivity index (χ1) is 8.20. The molecule has 0 spiro atoms. The molecule has 17 heavy (non-hydrogen) atoms. The van der Waals surface area contributed by atoms with Gasteiger partial charge in [0.25, 0.3) is 5.91 Å². The maximum absolute atomic E-state index is 11.7. The van der Waals surface area contributed by atoms with Gasteiger partial charge in [0.2, 0.25) is 0 Å². The Balaban J connectivity index is 1.88. The molecule has 4 heteroatoms. The van der Waals surface area contributed by atoms with Gasteiger partial charge in [-0.2, -0.15) is 0 Å². The van der Waals surface area contributed by atoms with Crippen molar-refractivity contribution in [2.24, 2.45) is 0 Å². The highest BCUT2D eigenvalue weighted by molar-refractivity contribution is 5.78. The van der Waals surface area contributed by atoms with Gasteiger partial charge in [-0.1, -0.05) is 12.1 Å². The highest BCUT2D eigenvalue weighted by Crippen LogP contribution is 2.25. The van der Waals surface area contributed by atoms with Gasteiger partial charge in [0.15, 0.2) is 6.61 Å². The number of hydrogen-bond acceptors (Lipinski definition) is 3. The molecule has 0 atom stereocenters. The zero-order chi connectivity index (χ0) is 12.3. The first-order valence-electron chi connectivity index (χ1n) is 5.64. The van der Waals surface area contributed by atoms with E-state index in [2.05, 4.69) is 0 Å². The number of nitrogens with zero attached hydrogens (tertiary/aromatic N) is 1. The molecule has 1 aromatic rings. The summed E-state index contributed by atoms with van der Waals surface area (Å²) in [7, 11) is 1.80. The van der Waals surface area contributed by atoms with Crippen LogP contribution in [-0.4, -0.2) is 36.8 Å². The van der Waals surface area contributed by atoms with Gasteiger partial charge in [0.05, 0.1) is 0 Å². The van der Waals surface area contributed by atoms with E-state index in [4.69, 9.17) is 4.74 Å². The normalized spacial score (nSPS) is 14.2. The van der Waals surface area contributed by atoms with Crippen molar-refractivity contribution in [1.29, 1.82) is 0 Å². The molecule has 4 nitrogen and oxygen atoms in total. The highest BCUT2D eigenvalue weighted by Gasteiger charge is 2.29. The van der Waals surface area contributed by atoms with E-state index in [9.17, 15) is 9.59 Å². The van der Waals surface area contributed by atoms with E-state index >= 15 is 0 Å². The van der Waals surface area contributed by atoms with Gasteiger partial charge in [-0.15, -0.1) is 0 Å². The van der Waals surface area contributed by atoms with Crippen molar-refractivity contribution >= 4 is 12.2 Å². The summed E-state index contributed by atoms with van der Waals surface area (Å²) in [5.74, 6) is 0.524. The van der Waals surface area contributed by atoms with E-state index in [0.29, 0.717) is 17.4 Å². The van der Waals surface area contributed by atoms with Crippen molar-refractivity contribution in [3.63, 3.8) is 0 Å². The minimum absolute atomic E-state index is 0.0231. The van der Waals surface area contributed by atoms with Gasteiger partial charge < -0.3 is 9.64 Å². The van der Waals surface area contributed by atoms with E-state index in [0.717, 1.165) is 19.1 Å². The molecular formula is C13H15NO3. The maximum atomic E-state index is 11.7. The lowest BCUT2D eigenvalue weighted by atomic mass is 10.2. The molecule has 1 aromatic carbocycles. The predicted molar refractivity (Wildman–Crippen MR) is 63.1 cm³/mol. The molecule has 1 aliphatic rings. The molecule has 1 saturated carbocycles. The molecule has 2 rings (SSSR count). The van der Waals surface area contributed by atoms with Gasteiger partial charge >= 0.3 is 0 Å². The Morgan fingerprint density at radius 3 is 2.94 bits per heavy atom. The second-order valence-electron chi connectivity index (χ2n) is 4.21. The molecule has 1 aliphatic carbocycles. The van der Waals surface area contributed by atoms with Gasteiger partial charge in [-0.05, 0) is 25.0 Å². The second-order valence-corrected chi connectivity index (χ2v) is 4.21. The SMILES string of the molecule is CN(C(=O)COc1cccc(C=O)c1)C1CC1. The molecule has 0 aromatic heterocycles. The molecule has 0 radical (unpaired) electrons. The van der Waals surface area contributed by atoms with Crippen LogP contribution in [0.2, 0.25) is 0 Å². The van der Waals surface area contributed by atoms with Crippen molar-refractivity contribution in [2.75, 3.05) is 13.7 Å². The third kappa shape index (κ3) is 3.06. The largest absolute Gasteiger partial charge is 0.484 e. The first-order valence-corrected chi connectivity index (χ1v) is 5.64. The quantitative estimate of drug-likeness (QED) is 0.724. The van der Waals surface area contributed by atoms with Crippen LogP contribution >= 0.6 is 0 Å². The average molecular weight is 233 g/mol. The minimum Gasteiger partial charge on any atom is -0.484 e. The zero-order valence-corrected chi connectivity index (χ0v) is 9.76. The highest BCUT2D eigenvalue weighted by atomic mass is 16.5. The van der Waals surface area contributed by atoms with Crippen LogP contribution < -0.4 is 4.74 Å². The summed E-state index contributed by atoms with van der Waals surface area (Å²) in [4.78, 5) is 24.0. The number of aldehydes is 1. The molecule has 0 saturated heterocycles. The standard InChI is InChI=1S/C13H15NO3/c1-14(11-5-6-11)13(16)9-17-12-4-2-3-10(7-12)8-15/h2-4,7-8,11H,5-6,9H2,1H3. The number of likely N-dealkylation sites (N-methyl/N-ethyl adjacent to an activating group) is 1. The van der Waals surface area contributed by atoms with Gasteiger partial charge in [-0.3, -0.25) is 9.59 Å².